The number of rotatable bonds is 5. The molecule has 0 aromatic heterocycles. The largest absolute Gasteiger partial charge is 0.486 e. The molecule has 1 fully saturated rings. The van der Waals surface area contributed by atoms with E-state index in [0.717, 1.165) is 25.7 Å². The third-order valence-corrected chi connectivity index (χ3v) is 4.38. The normalized spacial score (nSPS) is 20.2. The number of hydrogen-bond acceptors (Lipinski definition) is 5. The molecule has 6 heteroatoms. The topological polar surface area (TPSA) is 73.9 Å². The van der Waals surface area contributed by atoms with Crippen molar-refractivity contribution >= 4 is 11.9 Å². The molecule has 0 saturated heterocycles. The molecule has 1 aromatic carbocycles. The Bertz CT molecular complexity index is 583. The highest BCUT2D eigenvalue weighted by Crippen LogP contribution is 2.30. The van der Waals surface area contributed by atoms with E-state index in [1.54, 1.807) is 0 Å². The molecule has 1 heterocycles. The maximum absolute atomic E-state index is 11.9. The Morgan fingerprint density at radius 2 is 1.88 bits per heavy atom. The molecule has 0 bridgehead atoms. The van der Waals surface area contributed by atoms with Crippen LogP contribution in [0.25, 0.3) is 0 Å². The molecule has 1 aliphatic carbocycles. The summed E-state index contributed by atoms with van der Waals surface area (Å²) in [6, 6.07) is 7.42. The predicted octanol–water partition coefficient (Wildman–Crippen LogP) is 2.07. The van der Waals surface area contributed by atoms with E-state index in [1.165, 1.54) is 6.42 Å². The molecule has 2 aliphatic rings. The number of carbonyl (C=O) groups excluding carboxylic acids is 2. The van der Waals surface area contributed by atoms with E-state index in [1.807, 2.05) is 24.3 Å². The molecule has 0 radical (unpaired) electrons. The molecule has 6 nitrogen and oxygen atoms in total. The molecular weight excluding hydrogens is 310 g/mol. The van der Waals surface area contributed by atoms with Gasteiger partial charge in [-0.25, -0.2) is 0 Å². The standard InChI is InChI=1S/C18H23NO5/c20-17(12-23-18(21)13-6-2-1-3-7-13)19-10-14-11-22-15-8-4-5-9-16(15)24-14/h4-5,8-9,13-14H,1-3,6-7,10-12H2,(H,19,20). The van der Waals surface area contributed by atoms with Crippen molar-refractivity contribution in [3.05, 3.63) is 24.3 Å². The lowest BCUT2D eigenvalue weighted by Gasteiger charge is -2.26. The minimum absolute atomic E-state index is 0.0434. The van der Waals surface area contributed by atoms with E-state index in [4.69, 9.17) is 14.2 Å². The molecular formula is C18H23NO5. The van der Waals surface area contributed by atoms with Gasteiger partial charge in [-0.2, -0.15) is 0 Å². The summed E-state index contributed by atoms with van der Waals surface area (Å²) in [6.07, 6.45) is 4.79. The molecule has 0 spiro atoms. The first-order valence-corrected chi connectivity index (χ1v) is 8.54. The first-order valence-electron chi connectivity index (χ1n) is 8.54. The van der Waals surface area contributed by atoms with E-state index in [2.05, 4.69) is 5.32 Å². The maximum Gasteiger partial charge on any atom is 0.309 e. The fourth-order valence-electron chi connectivity index (χ4n) is 3.04. The third kappa shape index (κ3) is 4.40. The number of benzene rings is 1. The second-order valence-corrected chi connectivity index (χ2v) is 6.24. The fourth-order valence-corrected chi connectivity index (χ4v) is 3.04. The highest BCUT2D eigenvalue weighted by Gasteiger charge is 2.24. The number of ether oxygens (including phenoxy) is 3. The number of nitrogens with one attached hydrogen (secondary N) is 1. The van der Waals surface area contributed by atoms with Crippen molar-refractivity contribution in [2.24, 2.45) is 5.92 Å². The second kappa shape index (κ2) is 8.04. The van der Waals surface area contributed by atoms with Crippen molar-refractivity contribution in [3.8, 4) is 11.5 Å². The van der Waals surface area contributed by atoms with Gasteiger partial charge in [0, 0.05) is 0 Å². The van der Waals surface area contributed by atoms with Crippen LogP contribution in [0.2, 0.25) is 0 Å². The Morgan fingerprint density at radius 1 is 1.12 bits per heavy atom. The van der Waals surface area contributed by atoms with E-state index in [-0.39, 0.29) is 30.5 Å². The Kier molecular flexibility index (Phi) is 5.56. The number of amides is 1. The van der Waals surface area contributed by atoms with Gasteiger partial charge in [-0.15, -0.1) is 0 Å². The smallest absolute Gasteiger partial charge is 0.309 e. The van der Waals surface area contributed by atoms with Gasteiger partial charge in [0.15, 0.2) is 18.1 Å². The molecule has 1 aliphatic heterocycles. The van der Waals surface area contributed by atoms with Gasteiger partial charge >= 0.3 is 5.97 Å². The summed E-state index contributed by atoms with van der Waals surface area (Å²) in [5.41, 5.74) is 0. The Labute approximate surface area is 141 Å². The van der Waals surface area contributed by atoms with Gasteiger partial charge in [-0.1, -0.05) is 31.4 Å². The monoisotopic (exact) mass is 333 g/mol. The minimum Gasteiger partial charge on any atom is -0.486 e. The summed E-state index contributed by atoms with van der Waals surface area (Å²) >= 11 is 0. The molecule has 1 N–H and O–H groups in total. The van der Waals surface area contributed by atoms with Gasteiger partial charge in [-0.3, -0.25) is 9.59 Å². The lowest BCUT2D eigenvalue weighted by Crippen LogP contribution is -2.42. The highest BCUT2D eigenvalue weighted by molar-refractivity contribution is 5.81. The third-order valence-electron chi connectivity index (χ3n) is 4.38. The first kappa shape index (κ1) is 16.6. The minimum atomic E-state index is -0.318. The quantitative estimate of drug-likeness (QED) is 0.835. The highest BCUT2D eigenvalue weighted by atomic mass is 16.6. The average molecular weight is 333 g/mol. The van der Waals surface area contributed by atoms with Crippen LogP contribution in [0.5, 0.6) is 11.5 Å². The van der Waals surface area contributed by atoms with Gasteiger partial charge in [-0.05, 0) is 25.0 Å². The molecule has 24 heavy (non-hydrogen) atoms. The van der Waals surface area contributed by atoms with Crippen LogP contribution in [-0.4, -0.2) is 37.7 Å². The zero-order chi connectivity index (χ0) is 16.8. The lowest BCUT2D eigenvalue weighted by atomic mass is 9.89. The van der Waals surface area contributed by atoms with Crippen molar-refractivity contribution in [1.82, 2.24) is 5.32 Å². The van der Waals surface area contributed by atoms with Crippen molar-refractivity contribution in [2.45, 2.75) is 38.2 Å². The number of hydrogen-bond donors (Lipinski definition) is 1. The molecule has 1 unspecified atom stereocenters. The number of carbonyl (C=O) groups is 2. The van der Waals surface area contributed by atoms with E-state index < -0.39 is 0 Å². The van der Waals surface area contributed by atoms with Gasteiger partial charge in [0.1, 0.15) is 12.7 Å². The van der Waals surface area contributed by atoms with Crippen molar-refractivity contribution in [3.63, 3.8) is 0 Å². The second-order valence-electron chi connectivity index (χ2n) is 6.24. The van der Waals surface area contributed by atoms with Crippen LogP contribution in [0.1, 0.15) is 32.1 Å². The molecule has 130 valence electrons. The van der Waals surface area contributed by atoms with Crippen molar-refractivity contribution < 1.29 is 23.8 Å². The summed E-state index contributed by atoms with van der Waals surface area (Å²) in [4.78, 5) is 23.7. The van der Waals surface area contributed by atoms with Crippen LogP contribution in [0.15, 0.2) is 24.3 Å². The zero-order valence-corrected chi connectivity index (χ0v) is 13.7. The number of para-hydroxylation sites is 2. The van der Waals surface area contributed by atoms with Crippen LogP contribution < -0.4 is 14.8 Å². The van der Waals surface area contributed by atoms with Gasteiger partial charge in [0.05, 0.1) is 12.5 Å². The average Bonchev–Trinajstić information content (AvgIpc) is 2.65. The van der Waals surface area contributed by atoms with Crippen LogP contribution in [0, 0.1) is 5.92 Å². The first-order chi connectivity index (χ1) is 11.7. The molecule has 1 atom stereocenters. The van der Waals surface area contributed by atoms with E-state index >= 15 is 0 Å². The molecule has 1 amide bonds. The fraction of sp³-hybridized carbons (Fsp3) is 0.556. The Balaban J connectivity index is 1.36. The molecule has 3 rings (SSSR count). The van der Waals surface area contributed by atoms with Gasteiger partial charge in [0.25, 0.3) is 5.91 Å². The summed E-state index contributed by atoms with van der Waals surface area (Å²) in [5, 5.41) is 2.72. The van der Waals surface area contributed by atoms with Crippen LogP contribution in [0.4, 0.5) is 0 Å². The summed E-state index contributed by atoms with van der Waals surface area (Å²) in [5.74, 6) is 0.768. The summed E-state index contributed by atoms with van der Waals surface area (Å²) in [6.45, 7) is 0.451. The van der Waals surface area contributed by atoms with Crippen LogP contribution in [0.3, 0.4) is 0 Å². The van der Waals surface area contributed by atoms with E-state index in [0.29, 0.717) is 24.7 Å². The van der Waals surface area contributed by atoms with Crippen molar-refractivity contribution in [2.75, 3.05) is 19.8 Å². The maximum atomic E-state index is 11.9. The van der Waals surface area contributed by atoms with Crippen LogP contribution >= 0.6 is 0 Å². The molecule has 1 saturated carbocycles. The lowest BCUT2D eigenvalue weighted by molar-refractivity contribution is -0.153. The summed E-state index contributed by atoms with van der Waals surface area (Å²) in [7, 11) is 0. The number of fused-ring (bicyclic) bond motifs is 1. The Morgan fingerprint density at radius 3 is 2.67 bits per heavy atom. The number of esters is 1. The van der Waals surface area contributed by atoms with Crippen molar-refractivity contribution in [1.29, 1.82) is 0 Å². The molecule has 1 aromatic rings. The van der Waals surface area contributed by atoms with Crippen LogP contribution in [-0.2, 0) is 14.3 Å². The zero-order valence-electron chi connectivity index (χ0n) is 13.7. The predicted molar refractivity (Wildman–Crippen MR) is 86.9 cm³/mol. The summed E-state index contributed by atoms with van der Waals surface area (Å²) < 4.78 is 16.5. The van der Waals surface area contributed by atoms with Gasteiger partial charge < -0.3 is 19.5 Å². The van der Waals surface area contributed by atoms with Gasteiger partial charge in [0.2, 0.25) is 0 Å². The Hall–Kier alpha value is -2.24. The SMILES string of the molecule is O=C(COC(=O)C1CCCCC1)NCC1COc2ccccc2O1. The van der Waals surface area contributed by atoms with E-state index in [9.17, 15) is 9.59 Å².